The quantitative estimate of drug-likeness (QED) is 0.331. The zero-order chi connectivity index (χ0) is 19.0. The largest absolute Gasteiger partial charge is 0.422 e. The minimum absolute atomic E-state index is 0.356. The van der Waals surface area contributed by atoms with E-state index in [9.17, 15) is 4.79 Å². The minimum atomic E-state index is -0.356. The van der Waals surface area contributed by atoms with Crippen LogP contribution in [0, 0.1) is 13.8 Å². The van der Waals surface area contributed by atoms with Crippen molar-refractivity contribution in [2.24, 2.45) is 0 Å². The fourth-order valence-corrected chi connectivity index (χ4v) is 3.79. The molecule has 2 aromatic carbocycles. The Morgan fingerprint density at radius 3 is 2.67 bits per heavy atom. The number of fused-ring (bicyclic) bond motifs is 1. The summed E-state index contributed by atoms with van der Waals surface area (Å²) in [6.45, 7) is 3.96. The van der Waals surface area contributed by atoms with Crippen molar-refractivity contribution in [2.45, 2.75) is 24.8 Å². The fourth-order valence-electron chi connectivity index (χ4n) is 2.95. The third kappa shape index (κ3) is 3.21. The van der Waals surface area contributed by atoms with E-state index >= 15 is 0 Å². The maximum Gasteiger partial charge on any atom is 0.336 e. The Kier molecular flexibility index (Phi) is 4.45. The van der Waals surface area contributed by atoms with E-state index in [2.05, 4.69) is 10.2 Å². The van der Waals surface area contributed by atoms with Gasteiger partial charge in [0.2, 0.25) is 5.16 Å². The van der Waals surface area contributed by atoms with Crippen molar-refractivity contribution in [1.82, 2.24) is 14.9 Å². The van der Waals surface area contributed by atoms with Crippen LogP contribution in [0.1, 0.15) is 16.7 Å². The maximum absolute atomic E-state index is 12.0. The van der Waals surface area contributed by atoms with Crippen LogP contribution < -0.4 is 11.5 Å². The highest BCUT2D eigenvalue weighted by atomic mass is 32.2. The molecule has 27 heavy (non-hydrogen) atoms. The molecular weight excluding hydrogens is 360 g/mol. The summed E-state index contributed by atoms with van der Waals surface area (Å²) in [7, 11) is 0. The molecule has 0 saturated carbocycles. The van der Waals surface area contributed by atoms with Crippen molar-refractivity contribution < 1.29 is 4.42 Å². The standard InChI is InChI=1S/C20H18N4O2S/c1-12-8-9-16-15(10-17(25)26-18(16)13(12)2)11-27-20-23-22-19(24(20)21)14-6-4-3-5-7-14/h3-10H,11,21H2,1-2H3. The van der Waals surface area contributed by atoms with Crippen molar-refractivity contribution in [3.8, 4) is 11.4 Å². The van der Waals surface area contributed by atoms with Crippen LogP contribution in [0.3, 0.4) is 0 Å². The summed E-state index contributed by atoms with van der Waals surface area (Å²) in [5.74, 6) is 7.31. The molecule has 0 aliphatic rings. The highest BCUT2D eigenvalue weighted by Gasteiger charge is 2.14. The minimum Gasteiger partial charge on any atom is -0.422 e. The summed E-state index contributed by atoms with van der Waals surface area (Å²) in [5, 5.41) is 9.89. The molecule has 0 atom stereocenters. The second-order valence-corrected chi connectivity index (χ2v) is 7.25. The fraction of sp³-hybridized carbons (Fsp3) is 0.150. The molecule has 0 spiro atoms. The Hall–Kier alpha value is -3.06. The Bertz CT molecular complexity index is 1180. The van der Waals surface area contributed by atoms with Crippen molar-refractivity contribution in [3.63, 3.8) is 0 Å². The number of nitrogens with two attached hydrogens (primary N) is 1. The number of rotatable bonds is 4. The van der Waals surface area contributed by atoms with Crippen molar-refractivity contribution in [1.29, 1.82) is 0 Å². The van der Waals surface area contributed by atoms with E-state index in [1.54, 1.807) is 0 Å². The van der Waals surface area contributed by atoms with Gasteiger partial charge in [-0.15, -0.1) is 10.2 Å². The maximum atomic E-state index is 12.0. The second kappa shape index (κ2) is 6.92. The summed E-state index contributed by atoms with van der Waals surface area (Å²) in [6.07, 6.45) is 0. The third-order valence-electron chi connectivity index (χ3n) is 4.57. The molecule has 6 nitrogen and oxygen atoms in total. The molecule has 4 aromatic rings. The molecule has 0 aliphatic heterocycles. The number of thioether (sulfide) groups is 1. The van der Waals surface area contributed by atoms with Crippen LogP contribution >= 0.6 is 11.8 Å². The van der Waals surface area contributed by atoms with Gasteiger partial charge in [0, 0.05) is 22.8 Å². The molecule has 2 heterocycles. The molecule has 0 saturated heterocycles. The summed E-state index contributed by atoms with van der Waals surface area (Å²) in [6, 6.07) is 15.2. The van der Waals surface area contributed by atoms with E-state index in [0.29, 0.717) is 22.3 Å². The van der Waals surface area contributed by atoms with Crippen LogP contribution in [0.2, 0.25) is 0 Å². The van der Waals surface area contributed by atoms with E-state index in [1.807, 2.05) is 56.3 Å². The number of aromatic nitrogens is 3. The van der Waals surface area contributed by atoms with Crippen LogP contribution in [-0.2, 0) is 5.75 Å². The third-order valence-corrected chi connectivity index (χ3v) is 5.56. The first kappa shape index (κ1) is 17.4. The van der Waals surface area contributed by atoms with E-state index in [1.165, 1.54) is 22.5 Å². The van der Waals surface area contributed by atoms with Crippen molar-refractivity contribution in [2.75, 3.05) is 5.84 Å². The first-order valence-electron chi connectivity index (χ1n) is 8.46. The molecule has 0 radical (unpaired) electrons. The predicted molar refractivity (Wildman–Crippen MR) is 107 cm³/mol. The van der Waals surface area contributed by atoms with Crippen LogP contribution in [0.25, 0.3) is 22.4 Å². The highest BCUT2D eigenvalue weighted by Crippen LogP contribution is 2.29. The van der Waals surface area contributed by atoms with Crippen LogP contribution in [0.15, 0.2) is 62.9 Å². The lowest BCUT2D eigenvalue weighted by atomic mass is 10.0. The summed E-state index contributed by atoms with van der Waals surface area (Å²) < 4.78 is 6.90. The van der Waals surface area contributed by atoms with Crippen LogP contribution in [0.4, 0.5) is 0 Å². The average molecular weight is 378 g/mol. The number of benzene rings is 2. The Morgan fingerprint density at radius 2 is 1.89 bits per heavy atom. The predicted octanol–water partition coefficient (Wildman–Crippen LogP) is 3.67. The molecule has 0 fully saturated rings. The Balaban J connectivity index is 1.66. The van der Waals surface area contributed by atoms with Gasteiger partial charge in [0.05, 0.1) is 0 Å². The van der Waals surface area contributed by atoms with Crippen molar-refractivity contribution >= 4 is 22.7 Å². The monoisotopic (exact) mass is 378 g/mol. The van der Waals surface area contributed by atoms with E-state index < -0.39 is 0 Å². The lowest BCUT2D eigenvalue weighted by molar-refractivity contribution is 0.557. The highest BCUT2D eigenvalue weighted by molar-refractivity contribution is 7.98. The molecule has 136 valence electrons. The molecule has 2 aromatic heterocycles. The second-order valence-electron chi connectivity index (χ2n) is 6.31. The normalized spacial score (nSPS) is 11.2. The number of aryl methyl sites for hydroxylation is 2. The number of hydrogen-bond donors (Lipinski definition) is 1. The molecule has 7 heteroatoms. The summed E-state index contributed by atoms with van der Waals surface area (Å²) in [5.41, 5.74) is 4.13. The van der Waals surface area contributed by atoms with Crippen LogP contribution in [-0.4, -0.2) is 14.9 Å². The van der Waals surface area contributed by atoms with E-state index in [4.69, 9.17) is 10.3 Å². The van der Waals surface area contributed by atoms with Gasteiger partial charge in [0.15, 0.2) is 5.82 Å². The summed E-state index contributed by atoms with van der Waals surface area (Å²) in [4.78, 5) is 12.0. The molecule has 0 amide bonds. The van der Waals surface area contributed by atoms with Crippen molar-refractivity contribution in [3.05, 3.63) is 75.6 Å². The zero-order valence-corrected chi connectivity index (χ0v) is 15.8. The molecule has 0 aliphatic carbocycles. The van der Waals surface area contributed by atoms with Gasteiger partial charge in [-0.2, -0.15) is 0 Å². The first-order valence-corrected chi connectivity index (χ1v) is 9.45. The number of hydrogen-bond acceptors (Lipinski definition) is 6. The molecule has 4 rings (SSSR count). The van der Waals surface area contributed by atoms with Gasteiger partial charge >= 0.3 is 5.63 Å². The summed E-state index contributed by atoms with van der Waals surface area (Å²) >= 11 is 1.43. The van der Waals surface area contributed by atoms with E-state index in [0.717, 1.165) is 27.6 Å². The lowest BCUT2D eigenvalue weighted by Gasteiger charge is -2.09. The average Bonchev–Trinajstić information content (AvgIpc) is 3.04. The van der Waals surface area contributed by atoms with Gasteiger partial charge in [-0.05, 0) is 30.5 Å². The molecular formula is C20H18N4O2S. The SMILES string of the molecule is Cc1ccc2c(CSc3nnc(-c4ccccc4)n3N)cc(=O)oc2c1C. The van der Waals surface area contributed by atoms with Gasteiger partial charge in [-0.25, -0.2) is 9.47 Å². The smallest absolute Gasteiger partial charge is 0.336 e. The zero-order valence-electron chi connectivity index (χ0n) is 15.0. The topological polar surface area (TPSA) is 86.9 Å². The number of nitrogen functional groups attached to an aromatic ring is 1. The van der Waals surface area contributed by atoms with E-state index in [-0.39, 0.29) is 5.63 Å². The van der Waals surface area contributed by atoms with Gasteiger partial charge in [0.25, 0.3) is 0 Å². The van der Waals surface area contributed by atoms with Gasteiger partial charge in [-0.3, -0.25) is 0 Å². The number of nitrogens with zero attached hydrogens (tertiary/aromatic N) is 3. The Morgan fingerprint density at radius 1 is 1.11 bits per heavy atom. The van der Waals surface area contributed by atoms with Gasteiger partial charge in [0.1, 0.15) is 5.58 Å². The molecule has 2 N–H and O–H groups in total. The molecule has 0 bridgehead atoms. The Labute approximate surface area is 160 Å². The lowest BCUT2D eigenvalue weighted by Crippen LogP contribution is -2.11. The first-order chi connectivity index (χ1) is 13.0. The van der Waals surface area contributed by atoms with Crippen LogP contribution in [0.5, 0.6) is 0 Å². The van der Waals surface area contributed by atoms with Gasteiger partial charge in [-0.1, -0.05) is 54.2 Å². The molecule has 0 unspecified atom stereocenters. The van der Waals surface area contributed by atoms with Gasteiger partial charge < -0.3 is 10.3 Å².